The van der Waals surface area contributed by atoms with Gasteiger partial charge in [-0.15, -0.1) is 0 Å². The minimum atomic E-state index is -0.884. The van der Waals surface area contributed by atoms with E-state index in [1.54, 1.807) is 27.7 Å². The van der Waals surface area contributed by atoms with Crippen molar-refractivity contribution in [3.8, 4) is 0 Å². The highest BCUT2D eigenvalue weighted by molar-refractivity contribution is 5.92. The number of alkyl carbamates (subject to hydrolysis) is 1. The van der Waals surface area contributed by atoms with Crippen LogP contribution in [0.3, 0.4) is 0 Å². The average molecular weight is 468 g/mol. The molecule has 2 unspecified atom stereocenters. The zero-order valence-corrected chi connectivity index (χ0v) is 21.2. The van der Waals surface area contributed by atoms with Crippen molar-refractivity contribution in [3.63, 3.8) is 0 Å². The molecule has 7 nitrogen and oxygen atoms in total. The van der Waals surface area contributed by atoms with Crippen LogP contribution < -0.4 is 10.6 Å². The third kappa shape index (κ3) is 7.61. The van der Waals surface area contributed by atoms with Crippen LogP contribution in [0, 0.1) is 6.92 Å². The molecule has 0 aliphatic carbocycles. The number of nitrogens with one attached hydrogen (secondary N) is 2. The molecule has 2 aromatic carbocycles. The molecule has 0 bridgehead atoms. The van der Waals surface area contributed by atoms with Gasteiger partial charge >= 0.3 is 6.09 Å². The molecule has 0 spiro atoms. The Hall–Kier alpha value is -3.35. The summed E-state index contributed by atoms with van der Waals surface area (Å²) in [5.74, 6) is -0.659. The summed E-state index contributed by atoms with van der Waals surface area (Å²) in [4.78, 5) is 40.9. The molecule has 2 rings (SSSR count). The maximum absolute atomic E-state index is 13.6. The molecule has 184 valence electrons. The van der Waals surface area contributed by atoms with E-state index in [0.29, 0.717) is 6.54 Å². The van der Waals surface area contributed by atoms with Gasteiger partial charge < -0.3 is 20.3 Å². The molecule has 0 saturated heterocycles. The van der Waals surface area contributed by atoms with Crippen LogP contribution in [0.5, 0.6) is 0 Å². The second kappa shape index (κ2) is 11.7. The molecule has 2 atom stereocenters. The monoisotopic (exact) mass is 467 g/mol. The lowest BCUT2D eigenvalue weighted by molar-refractivity contribution is -0.144. The number of ether oxygens (including phenoxy) is 1. The van der Waals surface area contributed by atoms with Gasteiger partial charge in [0.15, 0.2) is 0 Å². The van der Waals surface area contributed by atoms with Gasteiger partial charge in [-0.25, -0.2) is 4.79 Å². The van der Waals surface area contributed by atoms with E-state index >= 15 is 0 Å². The number of amides is 3. The van der Waals surface area contributed by atoms with Crippen LogP contribution in [-0.4, -0.2) is 40.5 Å². The highest BCUT2D eigenvalue weighted by atomic mass is 16.6. The van der Waals surface area contributed by atoms with Crippen molar-refractivity contribution in [2.75, 3.05) is 0 Å². The first kappa shape index (κ1) is 26.9. The smallest absolute Gasteiger partial charge is 0.408 e. The van der Waals surface area contributed by atoms with E-state index in [9.17, 15) is 14.4 Å². The molecule has 0 fully saturated rings. The molecule has 0 aliphatic rings. The summed E-state index contributed by atoms with van der Waals surface area (Å²) in [6.45, 7) is 12.8. The molecule has 0 saturated carbocycles. The molecular formula is C27H37N3O4. The van der Waals surface area contributed by atoms with Crippen LogP contribution in [0.1, 0.15) is 64.3 Å². The second-order valence-corrected chi connectivity index (χ2v) is 9.67. The van der Waals surface area contributed by atoms with Crippen LogP contribution in [0.15, 0.2) is 54.6 Å². The fourth-order valence-corrected chi connectivity index (χ4v) is 3.64. The van der Waals surface area contributed by atoms with Gasteiger partial charge in [0.1, 0.15) is 17.7 Å². The van der Waals surface area contributed by atoms with E-state index < -0.39 is 23.8 Å². The lowest BCUT2D eigenvalue weighted by Crippen LogP contribution is -2.54. The van der Waals surface area contributed by atoms with Crippen molar-refractivity contribution in [2.24, 2.45) is 0 Å². The van der Waals surface area contributed by atoms with Crippen LogP contribution in [0.2, 0.25) is 0 Å². The van der Waals surface area contributed by atoms with Gasteiger partial charge in [0.2, 0.25) is 11.8 Å². The maximum Gasteiger partial charge on any atom is 0.408 e. The third-order valence-electron chi connectivity index (χ3n) is 5.23. The van der Waals surface area contributed by atoms with Crippen LogP contribution in [0.4, 0.5) is 4.79 Å². The summed E-state index contributed by atoms with van der Waals surface area (Å²) in [7, 11) is 0. The molecule has 0 aliphatic heterocycles. The van der Waals surface area contributed by atoms with Crippen molar-refractivity contribution >= 4 is 17.9 Å². The zero-order valence-electron chi connectivity index (χ0n) is 21.2. The summed E-state index contributed by atoms with van der Waals surface area (Å²) in [6, 6.07) is 15.1. The lowest BCUT2D eigenvalue weighted by Gasteiger charge is -2.37. The fourth-order valence-electron chi connectivity index (χ4n) is 3.64. The van der Waals surface area contributed by atoms with Crippen molar-refractivity contribution < 1.29 is 19.1 Å². The minimum Gasteiger partial charge on any atom is -0.444 e. The van der Waals surface area contributed by atoms with Gasteiger partial charge in [-0.1, -0.05) is 54.6 Å². The van der Waals surface area contributed by atoms with Crippen LogP contribution in [0.25, 0.3) is 0 Å². The number of hydrogen-bond donors (Lipinski definition) is 2. The van der Waals surface area contributed by atoms with E-state index in [-0.39, 0.29) is 17.9 Å². The average Bonchev–Trinajstić information content (AvgIpc) is 2.75. The topological polar surface area (TPSA) is 87.7 Å². The number of carbonyl (C=O) groups is 3. The molecule has 2 N–H and O–H groups in total. The van der Waals surface area contributed by atoms with Gasteiger partial charge in [0.25, 0.3) is 0 Å². The Morgan fingerprint density at radius 2 is 1.53 bits per heavy atom. The summed E-state index contributed by atoms with van der Waals surface area (Å²) in [5, 5.41) is 5.59. The Balaban J connectivity index is 2.34. The van der Waals surface area contributed by atoms with Crippen molar-refractivity contribution in [1.29, 1.82) is 0 Å². The number of hydrogen-bond acceptors (Lipinski definition) is 4. The van der Waals surface area contributed by atoms with Crippen molar-refractivity contribution in [2.45, 2.75) is 78.7 Å². The van der Waals surface area contributed by atoms with Gasteiger partial charge in [0.05, 0.1) is 0 Å². The highest BCUT2D eigenvalue weighted by Crippen LogP contribution is 2.27. The molecule has 2 aromatic rings. The molecule has 0 heterocycles. The van der Waals surface area contributed by atoms with Crippen molar-refractivity contribution in [3.05, 3.63) is 71.3 Å². The normalized spacial score (nSPS) is 13.1. The van der Waals surface area contributed by atoms with E-state index in [1.165, 1.54) is 4.90 Å². The van der Waals surface area contributed by atoms with Gasteiger partial charge in [-0.2, -0.15) is 0 Å². The standard InChI is InChI=1S/C27H37N3O4/c1-18(2)30(25(32)20(4)29-26(33)34-27(5,6)7)23(22-16-12-11-13-19(22)3)24(31)28-17-21-14-9-8-10-15-21/h8-16,18,20,23H,17H2,1-7H3,(H,28,31)(H,29,33). The quantitative estimate of drug-likeness (QED) is 0.598. The second-order valence-electron chi connectivity index (χ2n) is 9.67. The Morgan fingerprint density at radius 1 is 0.941 bits per heavy atom. The molecule has 34 heavy (non-hydrogen) atoms. The predicted octanol–water partition coefficient (Wildman–Crippen LogP) is 4.50. The number of rotatable bonds is 8. The SMILES string of the molecule is Cc1ccccc1C(C(=O)NCc1ccccc1)N(C(=O)C(C)NC(=O)OC(C)(C)C)C(C)C. The Kier molecular flexibility index (Phi) is 9.24. The van der Waals surface area contributed by atoms with E-state index in [4.69, 9.17) is 4.74 Å². The van der Waals surface area contributed by atoms with Crippen molar-refractivity contribution in [1.82, 2.24) is 15.5 Å². The maximum atomic E-state index is 13.6. The minimum absolute atomic E-state index is 0.287. The summed E-state index contributed by atoms with van der Waals surface area (Å²) in [6.07, 6.45) is -0.682. The first-order valence-electron chi connectivity index (χ1n) is 11.6. The summed E-state index contributed by atoms with van der Waals surface area (Å²) in [5.41, 5.74) is 1.90. The first-order chi connectivity index (χ1) is 15.9. The molecule has 7 heteroatoms. The number of nitrogens with zero attached hydrogens (tertiary/aromatic N) is 1. The first-order valence-corrected chi connectivity index (χ1v) is 11.6. The molecule has 0 radical (unpaired) electrons. The third-order valence-corrected chi connectivity index (χ3v) is 5.23. The fraction of sp³-hybridized carbons (Fsp3) is 0.444. The Morgan fingerprint density at radius 3 is 2.09 bits per heavy atom. The van der Waals surface area contributed by atoms with Crippen LogP contribution in [-0.2, 0) is 20.9 Å². The number of carbonyl (C=O) groups excluding carboxylic acids is 3. The lowest BCUT2D eigenvalue weighted by atomic mass is 9.97. The molecular weight excluding hydrogens is 430 g/mol. The Labute approximate surface area is 202 Å². The van der Waals surface area contributed by atoms with Crippen LogP contribution >= 0.6 is 0 Å². The van der Waals surface area contributed by atoms with E-state index in [2.05, 4.69) is 10.6 Å². The number of aryl methyl sites for hydroxylation is 1. The number of benzene rings is 2. The largest absolute Gasteiger partial charge is 0.444 e. The van der Waals surface area contributed by atoms with Gasteiger partial charge in [-0.3, -0.25) is 9.59 Å². The Bertz CT molecular complexity index is 983. The van der Waals surface area contributed by atoms with Gasteiger partial charge in [-0.05, 0) is 65.2 Å². The molecule has 0 aromatic heterocycles. The highest BCUT2D eigenvalue weighted by Gasteiger charge is 2.36. The van der Waals surface area contributed by atoms with Gasteiger partial charge in [0, 0.05) is 12.6 Å². The zero-order chi connectivity index (χ0) is 25.5. The predicted molar refractivity (Wildman–Crippen MR) is 133 cm³/mol. The summed E-state index contributed by atoms with van der Waals surface area (Å²) < 4.78 is 5.30. The van der Waals surface area contributed by atoms with E-state index in [0.717, 1.165) is 16.7 Å². The van der Waals surface area contributed by atoms with E-state index in [1.807, 2.05) is 75.4 Å². The molecule has 3 amide bonds. The summed E-state index contributed by atoms with van der Waals surface area (Å²) >= 11 is 0.